The Bertz CT molecular complexity index is 1040. The van der Waals surface area contributed by atoms with Crippen LogP contribution in [0.1, 0.15) is 44.7 Å². The zero-order chi connectivity index (χ0) is 22.1. The number of imide groups is 1. The molecule has 6 nitrogen and oxygen atoms in total. The highest BCUT2D eigenvalue weighted by atomic mass is 79.9. The van der Waals surface area contributed by atoms with Crippen LogP contribution < -0.4 is 4.90 Å². The number of carbonyl (C=O) groups excluding carboxylic acids is 3. The van der Waals surface area contributed by atoms with E-state index in [1.54, 1.807) is 18.2 Å². The molecule has 0 aliphatic carbocycles. The molecule has 2 aliphatic rings. The van der Waals surface area contributed by atoms with Crippen molar-refractivity contribution in [1.82, 2.24) is 9.80 Å². The molecular weight excluding hydrogens is 458 g/mol. The van der Waals surface area contributed by atoms with E-state index in [9.17, 15) is 14.4 Å². The number of hydrogen-bond donors (Lipinski definition) is 0. The lowest BCUT2D eigenvalue weighted by molar-refractivity contribution is -0.131. The molecule has 0 saturated carbocycles. The molecule has 0 aromatic heterocycles. The Morgan fingerprint density at radius 3 is 2.42 bits per heavy atom. The number of anilines is 1. The van der Waals surface area contributed by atoms with Crippen molar-refractivity contribution in [2.24, 2.45) is 0 Å². The molecule has 31 heavy (non-hydrogen) atoms. The van der Waals surface area contributed by atoms with Gasteiger partial charge in [0.15, 0.2) is 0 Å². The second-order valence-corrected chi connectivity index (χ2v) is 9.06. The molecule has 0 unspecified atom stereocenters. The van der Waals surface area contributed by atoms with Gasteiger partial charge in [-0.2, -0.15) is 0 Å². The van der Waals surface area contributed by atoms with Crippen LogP contribution >= 0.6 is 15.9 Å². The van der Waals surface area contributed by atoms with Gasteiger partial charge in [0.05, 0.1) is 11.1 Å². The van der Waals surface area contributed by atoms with E-state index in [0.717, 1.165) is 17.6 Å². The quantitative estimate of drug-likeness (QED) is 0.606. The largest absolute Gasteiger partial charge is 0.368 e. The molecule has 162 valence electrons. The van der Waals surface area contributed by atoms with Crippen molar-refractivity contribution in [1.29, 1.82) is 0 Å². The van der Waals surface area contributed by atoms with Gasteiger partial charge >= 0.3 is 0 Å². The molecular formula is C24H26BrN3O3. The topological polar surface area (TPSA) is 60.9 Å². The fourth-order valence-electron chi connectivity index (χ4n) is 4.29. The maximum Gasteiger partial charge on any atom is 0.261 e. The zero-order valence-corrected chi connectivity index (χ0v) is 19.4. The third-order valence-electron chi connectivity index (χ3n) is 6.25. The number of rotatable bonds is 5. The predicted octanol–water partition coefficient (Wildman–Crippen LogP) is 3.79. The van der Waals surface area contributed by atoms with Crippen LogP contribution in [-0.2, 0) is 4.79 Å². The highest BCUT2D eigenvalue weighted by molar-refractivity contribution is 9.10. The van der Waals surface area contributed by atoms with Crippen molar-refractivity contribution in [2.75, 3.05) is 37.6 Å². The van der Waals surface area contributed by atoms with Crippen LogP contribution in [-0.4, -0.2) is 60.2 Å². The van der Waals surface area contributed by atoms with Gasteiger partial charge in [-0.15, -0.1) is 0 Å². The lowest BCUT2D eigenvalue weighted by Crippen LogP contribution is -2.49. The minimum Gasteiger partial charge on any atom is -0.368 e. The van der Waals surface area contributed by atoms with Crippen molar-refractivity contribution >= 4 is 39.3 Å². The maximum absolute atomic E-state index is 12.7. The average molecular weight is 484 g/mol. The smallest absolute Gasteiger partial charge is 0.261 e. The molecule has 0 N–H and O–H groups in total. The number of aryl methyl sites for hydroxylation is 1. The summed E-state index contributed by atoms with van der Waals surface area (Å²) in [5, 5.41) is 0. The summed E-state index contributed by atoms with van der Waals surface area (Å²) in [5.41, 5.74) is 4.66. The average Bonchev–Trinajstić information content (AvgIpc) is 3.00. The van der Waals surface area contributed by atoms with E-state index in [1.807, 2.05) is 4.90 Å². The molecule has 2 aromatic carbocycles. The van der Waals surface area contributed by atoms with Gasteiger partial charge in [0, 0.05) is 49.3 Å². The highest BCUT2D eigenvalue weighted by Crippen LogP contribution is 2.27. The first kappa shape index (κ1) is 21.6. The van der Waals surface area contributed by atoms with E-state index in [2.05, 4.69) is 52.9 Å². The van der Waals surface area contributed by atoms with Crippen LogP contribution in [0.15, 0.2) is 40.9 Å². The Labute approximate surface area is 190 Å². The van der Waals surface area contributed by atoms with Gasteiger partial charge in [-0.3, -0.25) is 19.3 Å². The third-order valence-corrected chi connectivity index (χ3v) is 6.75. The number of fused-ring (bicyclic) bond motifs is 1. The van der Waals surface area contributed by atoms with Gasteiger partial charge in [-0.1, -0.05) is 28.1 Å². The Balaban J connectivity index is 1.27. The first-order valence-corrected chi connectivity index (χ1v) is 11.4. The van der Waals surface area contributed by atoms with Crippen molar-refractivity contribution in [3.8, 4) is 0 Å². The summed E-state index contributed by atoms with van der Waals surface area (Å²) >= 11 is 3.34. The van der Waals surface area contributed by atoms with E-state index in [1.165, 1.54) is 21.7 Å². The number of amides is 3. The summed E-state index contributed by atoms with van der Waals surface area (Å²) in [7, 11) is 0. The molecule has 1 saturated heterocycles. The molecule has 0 atom stereocenters. The van der Waals surface area contributed by atoms with Crippen molar-refractivity contribution in [3.63, 3.8) is 0 Å². The van der Waals surface area contributed by atoms with Crippen LogP contribution in [0.3, 0.4) is 0 Å². The van der Waals surface area contributed by atoms with Crippen molar-refractivity contribution in [2.45, 2.75) is 26.7 Å². The normalized spacial score (nSPS) is 16.2. The summed E-state index contributed by atoms with van der Waals surface area (Å²) in [6, 6.07) is 11.4. The summed E-state index contributed by atoms with van der Waals surface area (Å²) < 4.78 is 0.768. The van der Waals surface area contributed by atoms with Gasteiger partial charge in [0.2, 0.25) is 5.91 Å². The molecule has 2 aromatic rings. The van der Waals surface area contributed by atoms with E-state index in [-0.39, 0.29) is 24.3 Å². The number of piperazine rings is 1. The van der Waals surface area contributed by atoms with Crippen LogP contribution in [0.5, 0.6) is 0 Å². The van der Waals surface area contributed by atoms with Crippen molar-refractivity contribution in [3.05, 3.63) is 63.1 Å². The first-order chi connectivity index (χ1) is 14.9. The molecule has 3 amide bonds. The van der Waals surface area contributed by atoms with Crippen LogP contribution in [0.4, 0.5) is 5.69 Å². The third kappa shape index (κ3) is 4.24. The Kier molecular flexibility index (Phi) is 6.14. The van der Waals surface area contributed by atoms with Gasteiger partial charge in [0.25, 0.3) is 11.8 Å². The molecule has 0 spiro atoms. The lowest BCUT2D eigenvalue weighted by atomic mass is 10.1. The number of benzene rings is 2. The Hall–Kier alpha value is -2.67. The fraction of sp³-hybridized carbons (Fsp3) is 0.375. The Morgan fingerprint density at radius 1 is 0.968 bits per heavy atom. The second kappa shape index (κ2) is 8.83. The molecule has 0 bridgehead atoms. The molecule has 2 aliphatic heterocycles. The number of nitrogens with zero attached hydrogens (tertiary/aromatic N) is 3. The summed E-state index contributed by atoms with van der Waals surface area (Å²) in [5.74, 6) is -0.474. The molecule has 0 radical (unpaired) electrons. The lowest BCUT2D eigenvalue weighted by Gasteiger charge is -2.37. The highest BCUT2D eigenvalue weighted by Gasteiger charge is 2.35. The maximum atomic E-state index is 12.7. The first-order valence-electron chi connectivity index (χ1n) is 10.6. The second-order valence-electron chi connectivity index (χ2n) is 8.14. The van der Waals surface area contributed by atoms with Crippen LogP contribution in [0.2, 0.25) is 0 Å². The Morgan fingerprint density at radius 2 is 1.68 bits per heavy atom. The van der Waals surface area contributed by atoms with Gasteiger partial charge in [-0.05, 0) is 55.7 Å². The summed E-state index contributed by atoms with van der Waals surface area (Å²) in [6.07, 6.45) is 0.809. The van der Waals surface area contributed by atoms with E-state index in [4.69, 9.17) is 0 Å². The number of carbonyl (C=O) groups is 3. The minimum absolute atomic E-state index is 0.0833. The number of hydrogen-bond acceptors (Lipinski definition) is 4. The standard InChI is InChI=1S/C24H26BrN3O3/c1-16-5-3-6-21(17(16)2)26-11-13-27(14-12-26)22(29)7-4-10-28-23(30)19-9-8-18(25)15-20(19)24(28)31/h3,5-6,8-9,15H,4,7,10-14H2,1-2H3. The van der Waals surface area contributed by atoms with Crippen LogP contribution in [0, 0.1) is 13.8 Å². The fourth-order valence-corrected chi connectivity index (χ4v) is 4.65. The zero-order valence-electron chi connectivity index (χ0n) is 17.9. The van der Waals surface area contributed by atoms with Crippen molar-refractivity contribution < 1.29 is 14.4 Å². The number of halogens is 1. The van der Waals surface area contributed by atoms with E-state index in [0.29, 0.717) is 37.1 Å². The van der Waals surface area contributed by atoms with Gasteiger partial charge in [-0.25, -0.2) is 0 Å². The molecule has 1 fully saturated rings. The molecule has 2 heterocycles. The minimum atomic E-state index is -0.282. The van der Waals surface area contributed by atoms with E-state index < -0.39 is 0 Å². The summed E-state index contributed by atoms with van der Waals surface area (Å²) in [6.45, 7) is 7.51. The SMILES string of the molecule is Cc1cccc(N2CCN(C(=O)CCCN3C(=O)c4ccc(Br)cc4C3=O)CC2)c1C. The molecule has 7 heteroatoms. The predicted molar refractivity (Wildman–Crippen MR) is 123 cm³/mol. The monoisotopic (exact) mass is 483 g/mol. The van der Waals surface area contributed by atoms with Crippen LogP contribution in [0.25, 0.3) is 0 Å². The molecule has 4 rings (SSSR count). The summed E-state index contributed by atoms with van der Waals surface area (Å²) in [4.78, 5) is 43.2. The van der Waals surface area contributed by atoms with E-state index >= 15 is 0 Å². The van der Waals surface area contributed by atoms with Gasteiger partial charge < -0.3 is 9.80 Å². The van der Waals surface area contributed by atoms with Gasteiger partial charge in [0.1, 0.15) is 0 Å².